The number of esters is 1. The van der Waals surface area contributed by atoms with Crippen molar-refractivity contribution < 1.29 is 19.1 Å². The molecule has 24 heavy (non-hydrogen) atoms. The zero-order valence-corrected chi connectivity index (χ0v) is 14.2. The van der Waals surface area contributed by atoms with Gasteiger partial charge in [-0.2, -0.15) is 0 Å². The Morgan fingerprint density at radius 2 is 1.71 bits per heavy atom. The zero-order chi connectivity index (χ0) is 18.1. The molecular formula is C17H25N3O4. The number of hydrogen-bond donors (Lipinski definition) is 3. The molecule has 0 aliphatic rings. The van der Waals surface area contributed by atoms with E-state index in [2.05, 4.69) is 10.6 Å². The Kier molecular flexibility index (Phi) is 7.91. The van der Waals surface area contributed by atoms with Crippen LogP contribution in [0.4, 0.5) is 0 Å². The van der Waals surface area contributed by atoms with Crippen molar-refractivity contribution in [2.45, 2.75) is 39.5 Å². The van der Waals surface area contributed by atoms with Crippen LogP contribution in [0.15, 0.2) is 30.3 Å². The first kappa shape index (κ1) is 19.6. The highest BCUT2D eigenvalue weighted by Gasteiger charge is 2.25. The van der Waals surface area contributed by atoms with Crippen LogP contribution >= 0.6 is 0 Å². The maximum atomic E-state index is 12.1. The largest absolute Gasteiger partial charge is 0.460 e. The molecular weight excluding hydrogens is 310 g/mol. The minimum absolute atomic E-state index is 0.143. The predicted octanol–water partition coefficient (Wildman–Crippen LogP) is 0.334. The summed E-state index contributed by atoms with van der Waals surface area (Å²) in [7, 11) is 0. The molecule has 0 fully saturated rings. The number of rotatable bonds is 8. The molecule has 0 unspecified atom stereocenters. The molecule has 0 aromatic heterocycles. The number of nitrogens with two attached hydrogens (primary N) is 1. The fourth-order valence-corrected chi connectivity index (χ4v) is 1.88. The maximum absolute atomic E-state index is 12.1. The van der Waals surface area contributed by atoms with Gasteiger partial charge in [0.15, 0.2) is 0 Å². The van der Waals surface area contributed by atoms with Gasteiger partial charge in [0.25, 0.3) is 0 Å². The molecule has 1 aromatic rings. The summed E-state index contributed by atoms with van der Waals surface area (Å²) < 4.78 is 5.08. The summed E-state index contributed by atoms with van der Waals surface area (Å²) in [5.74, 6) is -1.56. The Morgan fingerprint density at radius 1 is 1.08 bits per heavy atom. The number of carbonyl (C=O) groups excluding carboxylic acids is 3. The van der Waals surface area contributed by atoms with Gasteiger partial charge in [-0.1, -0.05) is 44.2 Å². The first-order valence-electron chi connectivity index (χ1n) is 7.84. The van der Waals surface area contributed by atoms with Gasteiger partial charge in [-0.25, -0.2) is 0 Å². The number of amides is 2. The van der Waals surface area contributed by atoms with E-state index in [1.54, 1.807) is 13.8 Å². The molecule has 0 aliphatic carbocycles. The average molecular weight is 335 g/mol. The first-order valence-corrected chi connectivity index (χ1v) is 7.84. The molecule has 0 heterocycles. The molecule has 1 rings (SSSR count). The molecule has 4 N–H and O–H groups in total. The third-order valence-electron chi connectivity index (χ3n) is 3.31. The highest BCUT2D eigenvalue weighted by atomic mass is 16.5. The smallest absolute Gasteiger partial charge is 0.325 e. The third kappa shape index (κ3) is 6.78. The van der Waals surface area contributed by atoms with Crippen LogP contribution in [0.1, 0.15) is 26.3 Å². The van der Waals surface area contributed by atoms with Gasteiger partial charge in [0, 0.05) is 0 Å². The minimum atomic E-state index is -0.759. The van der Waals surface area contributed by atoms with E-state index >= 15 is 0 Å². The number of carbonyl (C=O) groups is 3. The Morgan fingerprint density at radius 3 is 2.25 bits per heavy atom. The first-order chi connectivity index (χ1) is 11.3. The molecule has 7 heteroatoms. The molecule has 132 valence electrons. The summed E-state index contributed by atoms with van der Waals surface area (Å²) in [6, 6.07) is 7.77. The van der Waals surface area contributed by atoms with Crippen molar-refractivity contribution in [2.24, 2.45) is 11.7 Å². The van der Waals surface area contributed by atoms with Crippen molar-refractivity contribution in [3.05, 3.63) is 35.9 Å². The van der Waals surface area contributed by atoms with E-state index in [0.717, 1.165) is 5.56 Å². The summed E-state index contributed by atoms with van der Waals surface area (Å²) in [6.45, 7) is 5.00. The Hall–Kier alpha value is -2.41. The molecule has 2 amide bonds. The van der Waals surface area contributed by atoms with Crippen LogP contribution in [0, 0.1) is 5.92 Å². The Balaban J connectivity index is 2.44. The summed E-state index contributed by atoms with van der Waals surface area (Å²) in [6.07, 6.45) is 0. The SMILES string of the molecule is CC(C)[C@@H](NC(=O)[C@@H](C)N)C(=O)NCC(=O)OCc1ccccc1. The highest BCUT2D eigenvalue weighted by Crippen LogP contribution is 2.03. The molecule has 0 spiro atoms. The van der Waals surface area contributed by atoms with Crippen LogP contribution in [0.2, 0.25) is 0 Å². The number of benzene rings is 1. The standard InChI is InChI=1S/C17H25N3O4/c1-11(2)15(20-16(22)12(3)18)17(23)19-9-14(21)24-10-13-7-5-4-6-8-13/h4-8,11-12,15H,9-10,18H2,1-3H3,(H,19,23)(H,20,22)/t12-,15-/m1/s1. The van der Waals surface area contributed by atoms with Crippen molar-refractivity contribution in [3.8, 4) is 0 Å². The number of nitrogens with one attached hydrogen (secondary N) is 2. The van der Waals surface area contributed by atoms with Gasteiger partial charge in [0.05, 0.1) is 6.04 Å². The van der Waals surface area contributed by atoms with Crippen LogP contribution < -0.4 is 16.4 Å². The van der Waals surface area contributed by atoms with E-state index < -0.39 is 29.9 Å². The Bertz CT molecular complexity index is 558. The molecule has 7 nitrogen and oxygen atoms in total. The van der Waals surface area contributed by atoms with Crippen LogP contribution in [0.3, 0.4) is 0 Å². The molecule has 0 saturated heterocycles. The van der Waals surface area contributed by atoms with E-state index in [1.807, 2.05) is 30.3 Å². The van der Waals surface area contributed by atoms with Gasteiger partial charge >= 0.3 is 5.97 Å². The van der Waals surface area contributed by atoms with Gasteiger partial charge < -0.3 is 21.1 Å². The fraction of sp³-hybridized carbons (Fsp3) is 0.471. The van der Waals surface area contributed by atoms with Crippen LogP contribution in [0.25, 0.3) is 0 Å². The molecule has 0 saturated carbocycles. The summed E-state index contributed by atoms with van der Waals surface area (Å²) in [5.41, 5.74) is 6.35. The zero-order valence-electron chi connectivity index (χ0n) is 14.2. The van der Waals surface area contributed by atoms with Crippen molar-refractivity contribution in [2.75, 3.05) is 6.54 Å². The second-order valence-electron chi connectivity index (χ2n) is 5.88. The van der Waals surface area contributed by atoms with E-state index in [1.165, 1.54) is 6.92 Å². The van der Waals surface area contributed by atoms with Gasteiger partial charge in [0.1, 0.15) is 19.2 Å². The Labute approximate surface area is 141 Å². The van der Waals surface area contributed by atoms with Gasteiger partial charge in [-0.15, -0.1) is 0 Å². The normalized spacial score (nSPS) is 13.0. The van der Waals surface area contributed by atoms with E-state index in [-0.39, 0.29) is 19.1 Å². The van der Waals surface area contributed by atoms with E-state index in [0.29, 0.717) is 0 Å². The average Bonchev–Trinajstić information content (AvgIpc) is 2.55. The lowest BCUT2D eigenvalue weighted by molar-refractivity contribution is -0.145. The molecule has 0 bridgehead atoms. The number of ether oxygens (including phenoxy) is 1. The molecule has 1 aromatic carbocycles. The van der Waals surface area contributed by atoms with Crippen molar-refractivity contribution in [3.63, 3.8) is 0 Å². The van der Waals surface area contributed by atoms with Crippen LogP contribution in [-0.4, -0.2) is 36.4 Å². The molecule has 0 radical (unpaired) electrons. The van der Waals surface area contributed by atoms with Crippen LogP contribution in [0.5, 0.6) is 0 Å². The lowest BCUT2D eigenvalue weighted by Gasteiger charge is -2.22. The van der Waals surface area contributed by atoms with E-state index in [9.17, 15) is 14.4 Å². The molecule has 2 atom stereocenters. The number of hydrogen-bond acceptors (Lipinski definition) is 5. The minimum Gasteiger partial charge on any atom is -0.460 e. The topological polar surface area (TPSA) is 111 Å². The lowest BCUT2D eigenvalue weighted by atomic mass is 10.0. The fourth-order valence-electron chi connectivity index (χ4n) is 1.88. The summed E-state index contributed by atoms with van der Waals surface area (Å²) in [4.78, 5) is 35.5. The maximum Gasteiger partial charge on any atom is 0.325 e. The highest BCUT2D eigenvalue weighted by molar-refractivity contribution is 5.91. The van der Waals surface area contributed by atoms with Crippen molar-refractivity contribution in [1.29, 1.82) is 0 Å². The second-order valence-corrected chi connectivity index (χ2v) is 5.88. The summed E-state index contributed by atoms with van der Waals surface area (Å²) in [5, 5.41) is 5.04. The predicted molar refractivity (Wildman–Crippen MR) is 89.7 cm³/mol. The second kappa shape index (κ2) is 9.67. The molecule has 0 aliphatic heterocycles. The monoisotopic (exact) mass is 335 g/mol. The van der Waals surface area contributed by atoms with Crippen molar-refractivity contribution in [1.82, 2.24) is 10.6 Å². The van der Waals surface area contributed by atoms with Gasteiger partial charge in [-0.3, -0.25) is 14.4 Å². The van der Waals surface area contributed by atoms with E-state index in [4.69, 9.17) is 10.5 Å². The van der Waals surface area contributed by atoms with Gasteiger partial charge in [0.2, 0.25) is 11.8 Å². The van der Waals surface area contributed by atoms with Gasteiger partial charge in [-0.05, 0) is 18.4 Å². The third-order valence-corrected chi connectivity index (χ3v) is 3.31. The summed E-state index contributed by atoms with van der Waals surface area (Å²) >= 11 is 0. The quantitative estimate of drug-likeness (QED) is 0.593. The van der Waals surface area contributed by atoms with Crippen LogP contribution in [-0.2, 0) is 25.7 Å². The lowest BCUT2D eigenvalue weighted by Crippen LogP contribution is -2.53. The van der Waals surface area contributed by atoms with Crippen molar-refractivity contribution >= 4 is 17.8 Å².